The average Bonchev–Trinajstić information content (AvgIpc) is 2.60. The zero-order chi connectivity index (χ0) is 18.2. The van der Waals surface area contributed by atoms with Gasteiger partial charge in [0.05, 0.1) is 17.7 Å². The van der Waals surface area contributed by atoms with Crippen LogP contribution >= 0.6 is 0 Å². The predicted octanol–water partition coefficient (Wildman–Crippen LogP) is 3.41. The van der Waals surface area contributed by atoms with Crippen molar-refractivity contribution in [1.82, 2.24) is 5.32 Å². The van der Waals surface area contributed by atoms with Gasteiger partial charge < -0.3 is 10.6 Å². The Morgan fingerprint density at radius 3 is 2.28 bits per heavy atom. The summed E-state index contributed by atoms with van der Waals surface area (Å²) in [6.07, 6.45) is 3.17. The highest BCUT2D eigenvalue weighted by Gasteiger charge is 2.07. The van der Waals surface area contributed by atoms with Crippen molar-refractivity contribution in [2.75, 3.05) is 5.32 Å². The van der Waals surface area contributed by atoms with Crippen LogP contribution in [0.25, 0.3) is 6.08 Å². The van der Waals surface area contributed by atoms with Crippen LogP contribution in [0.2, 0.25) is 0 Å². The van der Waals surface area contributed by atoms with Crippen LogP contribution in [0.3, 0.4) is 0 Å². The quantitative estimate of drug-likeness (QED) is 0.823. The molecule has 0 aliphatic carbocycles. The number of nitrogens with one attached hydrogen (secondary N) is 2. The van der Waals surface area contributed by atoms with Crippen LogP contribution in [0.4, 0.5) is 5.69 Å². The summed E-state index contributed by atoms with van der Waals surface area (Å²) in [6, 6.07) is 16.2. The molecule has 5 nitrogen and oxygen atoms in total. The van der Waals surface area contributed by atoms with Crippen LogP contribution in [-0.2, 0) is 9.59 Å². The van der Waals surface area contributed by atoms with Crippen LogP contribution in [0.1, 0.15) is 36.6 Å². The molecule has 5 heteroatoms. The van der Waals surface area contributed by atoms with E-state index in [9.17, 15) is 9.59 Å². The highest BCUT2D eigenvalue weighted by molar-refractivity contribution is 5.92. The fourth-order valence-corrected chi connectivity index (χ4v) is 2.24. The van der Waals surface area contributed by atoms with Crippen molar-refractivity contribution in [2.24, 2.45) is 0 Å². The van der Waals surface area contributed by atoms with Crippen molar-refractivity contribution in [1.29, 1.82) is 5.26 Å². The molecule has 0 spiro atoms. The van der Waals surface area contributed by atoms with E-state index in [1.807, 2.05) is 31.2 Å². The Bertz CT molecular complexity index is 816. The normalized spacial score (nSPS) is 11.6. The molecule has 126 valence electrons. The van der Waals surface area contributed by atoms with Crippen LogP contribution < -0.4 is 10.6 Å². The fraction of sp³-hybridized carbons (Fsp3) is 0.150. The first-order valence-corrected chi connectivity index (χ1v) is 7.84. The molecule has 0 saturated heterocycles. The van der Waals surface area contributed by atoms with E-state index in [2.05, 4.69) is 16.7 Å². The van der Waals surface area contributed by atoms with Crippen LogP contribution in [0.5, 0.6) is 0 Å². The number of carbonyl (C=O) groups is 2. The summed E-state index contributed by atoms with van der Waals surface area (Å²) in [4.78, 5) is 23.0. The molecule has 1 atom stereocenters. The molecule has 0 aliphatic heterocycles. The van der Waals surface area contributed by atoms with Gasteiger partial charge in [0.15, 0.2) is 0 Å². The van der Waals surface area contributed by atoms with Crippen LogP contribution in [-0.4, -0.2) is 11.8 Å². The molecule has 0 aromatic heterocycles. The molecule has 0 saturated carbocycles. The molecule has 2 N–H and O–H groups in total. The first kappa shape index (κ1) is 18.0. The van der Waals surface area contributed by atoms with E-state index in [1.54, 1.807) is 30.3 Å². The molecule has 25 heavy (non-hydrogen) atoms. The molecule has 0 aliphatic rings. The molecular weight excluding hydrogens is 314 g/mol. The standard InChI is InChI=1S/C20H19N3O2/c1-14(18-8-3-17(13-21)4-9-18)22-20(25)12-7-16-5-10-19(11-6-16)23-15(2)24/h3-12,14H,1-2H3,(H,22,25)(H,23,24)/b12-7+. The van der Waals surface area contributed by atoms with E-state index < -0.39 is 0 Å². The first-order valence-electron chi connectivity index (χ1n) is 7.84. The van der Waals surface area contributed by atoms with Crippen molar-refractivity contribution in [2.45, 2.75) is 19.9 Å². The van der Waals surface area contributed by atoms with Crippen LogP contribution in [0.15, 0.2) is 54.6 Å². The molecule has 0 heterocycles. The lowest BCUT2D eigenvalue weighted by Crippen LogP contribution is -2.24. The van der Waals surface area contributed by atoms with Gasteiger partial charge in [-0.05, 0) is 48.4 Å². The summed E-state index contributed by atoms with van der Waals surface area (Å²) >= 11 is 0. The van der Waals surface area contributed by atoms with Gasteiger partial charge in [-0.2, -0.15) is 5.26 Å². The van der Waals surface area contributed by atoms with Gasteiger partial charge in [-0.3, -0.25) is 9.59 Å². The van der Waals surface area contributed by atoms with Gasteiger partial charge in [0.2, 0.25) is 11.8 Å². The van der Waals surface area contributed by atoms with E-state index in [0.717, 1.165) is 11.1 Å². The molecule has 0 bridgehead atoms. The molecule has 2 amide bonds. The van der Waals surface area contributed by atoms with Gasteiger partial charge in [-0.25, -0.2) is 0 Å². The summed E-state index contributed by atoms with van der Waals surface area (Å²) in [6.45, 7) is 3.34. The number of hydrogen-bond acceptors (Lipinski definition) is 3. The number of hydrogen-bond donors (Lipinski definition) is 2. The largest absolute Gasteiger partial charge is 0.346 e. The lowest BCUT2D eigenvalue weighted by atomic mass is 10.1. The number of benzene rings is 2. The third-order valence-electron chi connectivity index (χ3n) is 3.56. The number of nitriles is 1. The Morgan fingerprint density at radius 2 is 1.72 bits per heavy atom. The lowest BCUT2D eigenvalue weighted by molar-refractivity contribution is -0.117. The third-order valence-corrected chi connectivity index (χ3v) is 3.56. The second-order valence-electron chi connectivity index (χ2n) is 5.60. The topological polar surface area (TPSA) is 82.0 Å². The van der Waals surface area contributed by atoms with Gasteiger partial charge in [0.1, 0.15) is 0 Å². The van der Waals surface area contributed by atoms with E-state index in [0.29, 0.717) is 11.3 Å². The Hall–Kier alpha value is -3.39. The first-order chi connectivity index (χ1) is 12.0. The Labute approximate surface area is 147 Å². The van der Waals surface area contributed by atoms with Gasteiger partial charge in [-0.1, -0.05) is 24.3 Å². The summed E-state index contributed by atoms with van der Waals surface area (Å²) in [5.74, 6) is -0.331. The van der Waals surface area contributed by atoms with E-state index >= 15 is 0 Å². The lowest BCUT2D eigenvalue weighted by Gasteiger charge is -2.12. The zero-order valence-corrected chi connectivity index (χ0v) is 14.1. The van der Waals surface area contributed by atoms with Crippen molar-refractivity contribution >= 4 is 23.6 Å². The molecular formula is C20H19N3O2. The second-order valence-corrected chi connectivity index (χ2v) is 5.60. The Kier molecular flexibility index (Phi) is 6.08. The summed E-state index contributed by atoms with van der Waals surface area (Å²) in [7, 11) is 0. The maximum atomic E-state index is 12.0. The van der Waals surface area contributed by atoms with Crippen molar-refractivity contribution in [3.05, 3.63) is 71.3 Å². The number of nitrogens with zero attached hydrogens (tertiary/aromatic N) is 1. The molecule has 1 unspecified atom stereocenters. The SMILES string of the molecule is CC(=O)Nc1ccc(/C=C/C(=O)NC(C)c2ccc(C#N)cc2)cc1. The highest BCUT2D eigenvalue weighted by Crippen LogP contribution is 2.14. The number of amides is 2. The van der Waals surface area contributed by atoms with Gasteiger partial charge in [0.25, 0.3) is 0 Å². The maximum absolute atomic E-state index is 12.0. The summed E-state index contributed by atoms with van der Waals surface area (Å²) in [5.41, 5.74) is 3.09. The summed E-state index contributed by atoms with van der Waals surface area (Å²) < 4.78 is 0. The van der Waals surface area contributed by atoms with Gasteiger partial charge in [-0.15, -0.1) is 0 Å². The molecule has 2 rings (SSSR count). The predicted molar refractivity (Wildman–Crippen MR) is 97.5 cm³/mol. The molecule has 2 aromatic carbocycles. The van der Waals surface area contributed by atoms with Gasteiger partial charge >= 0.3 is 0 Å². The van der Waals surface area contributed by atoms with Crippen molar-refractivity contribution in [3.63, 3.8) is 0 Å². The van der Waals surface area contributed by atoms with Crippen molar-refractivity contribution in [3.8, 4) is 6.07 Å². The Morgan fingerprint density at radius 1 is 1.08 bits per heavy atom. The third kappa shape index (κ3) is 5.63. The number of rotatable bonds is 5. The minimum Gasteiger partial charge on any atom is -0.346 e. The average molecular weight is 333 g/mol. The minimum atomic E-state index is -0.206. The fourth-order valence-electron chi connectivity index (χ4n) is 2.24. The highest BCUT2D eigenvalue weighted by atomic mass is 16.2. The minimum absolute atomic E-state index is 0.125. The summed E-state index contributed by atoms with van der Waals surface area (Å²) in [5, 5.41) is 14.4. The smallest absolute Gasteiger partial charge is 0.244 e. The number of carbonyl (C=O) groups excluding carboxylic acids is 2. The van der Waals surface area contributed by atoms with E-state index in [4.69, 9.17) is 5.26 Å². The molecule has 0 radical (unpaired) electrons. The van der Waals surface area contributed by atoms with E-state index in [-0.39, 0.29) is 17.9 Å². The molecule has 0 fully saturated rings. The van der Waals surface area contributed by atoms with Crippen molar-refractivity contribution < 1.29 is 9.59 Å². The van der Waals surface area contributed by atoms with E-state index in [1.165, 1.54) is 13.0 Å². The molecule has 2 aromatic rings. The van der Waals surface area contributed by atoms with Gasteiger partial charge in [0, 0.05) is 18.7 Å². The monoisotopic (exact) mass is 333 g/mol. The number of anilines is 1. The Balaban J connectivity index is 1.93. The maximum Gasteiger partial charge on any atom is 0.244 e. The zero-order valence-electron chi connectivity index (χ0n) is 14.1. The second kappa shape index (κ2) is 8.46. The van der Waals surface area contributed by atoms with Crippen LogP contribution in [0, 0.1) is 11.3 Å².